The highest BCUT2D eigenvalue weighted by Gasteiger charge is 2.33. The minimum Gasteiger partial charge on any atom is -0.497 e. The van der Waals surface area contributed by atoms with Gasteiger partial charge < -0.3 is 15.0 Å². The summed E-state index contributed by atoms with van der Waals surface area (Å²) < 4.78 is 33.9. The topological polar surface area (TPSA) is 96.0 Å². The second kappa shape index (κ2) is 13.5. The Morgan fingerprint density at radius 1 is 0.974 bits per heavy atom. The molecule has 0 spiro atoms. The van der Waals surface area contributed by atoms with Crippen molar-refractivity contribution in [2.45, 2.75) is 50.7 Å². The second-order valence-electron chi connectivity index (χ2n) is 9.14. The molecule has 10 heteroatoms. The van der Waals surface area contributed by atoms with Crippen LogP contribution in [-0.2, 0) is 26.2 Å². The minimum absolute atomic E-state index is 0.0135. The summed E-state index contributed by atoms with van der Waals surface area (Å²) in [6.07, 6.45) is 0.720. The molecule has 0 saturated heterocycles. The number of carbonyl (C=O) groups excluding carboxylic acids is 2. The Labute approximate surface area is 235 Å². The molecule has 0 saturated carbocycles. The zero-order valence-corrected chi connectivity index (χ0v) is 24.1. The van der Waals surface area contributed by atoms with Gasteiger partial charge in [0.05, 0.1) is 22.7 Å². The highest BCUT2D eigenvalue weighted by molar-refractivity contribution is 7.92. The van der Waals surface area contributed by atoms with Gasteiger partial charge in [0.2, 0.25) is 11.8 Å². The van der Waals surface area contributed by atoms with Gasteiger partial charge in [0.25, 0.3) is 10.0 Å². The third kappa shape index (κ3) is 7.52. The van der Waals surface area contributed by atoms with E-state index in [0.717, 1.165) is 16.3 Å². The Bertz CT molecular complexity index is 1380. The van der Waals surface area contributed by atoms with Crippen molar-refractivity contribution in [2.24, 2.45) is 0 Å². The largest absolute Gasteiger partial charge is 0.497 e. The van der Waals surface area contributed by atoms with Crippen LogP contribution >= 0.6 is 11.6 Å². The predicted molar refractivity (Wildman–Crippen MR) is 153 cm³/mol. The van der Waals surface area contributed by atoms with Gasteiger partial charge in [-0.15, -0.1) is 0 Å². The van der Waals surface area contributed by atoms with Crippen LogP contribution in [0.2, 0.25) is 5.02 Å². The fraction of sp³-hybridized carbons (Fsp3) is 0.310. The maximum atomic E-state index is 13.9. The molecule has 208 valence electrons. The third-order valence-corrected chi connectivity index (χ3v) is 8.48. The van der Waals surface area contributed by atoms with Gasteiger partial charge in [-0.25, -0.2) is 8.42 Å². The van der Waals surface area contributed by atoms with Gasteiger partial charge in [0.1, 0.15) is 18.3 Å². The second-order valence-corrected chi connectivity index (χ2v) is 11.4. The van der Waals surface area contributed by atoms with Crippen molar-refractivity contribution >= 4 is 39.1 Å². The number of hydrogen-bond donors (Lipinski definition) is 1. The van der Waals surface area contributed by atoms with Gasteiger partial charge in [0.15, 0.2) is 0 Å². The first-order valence-corrected chi connectivity index (χ1v) is 14.4. The van der Waals surface area contributed by atoms with Gasteiger partial charge in [0, 0.05) is 12.6 Å². The number of carbonyl (C=O) groups is 2. The molecule has 39 heavy (non-hydrogen) atoms. The lowest BCUT2D eigenvalue weighted by Gasteiger charge is -2.32. The van der Waals surface area contributed by atoms with E-state index in [9.17, 15) is 18.0 Å². The molecule has 3 rings (SSSR count). The monoisotopic (exact) mass is 571 g/mol. The van der Waals surface area contributed by atoms with Crippen LogP contribution in [0.4, 0.5) is 5.69 Å². The number of hydrogen-bond acceptors (Lipinski definition) is 5. The number of nitrogens with one attached hydrogen (secondary N) is 1. The molecule has 0 unspecified atom stereocenters. The maximum Gasteiger partial charge on any atom is 0.264 e. The number of ether oxygens (including phenoxy) is 1. The van der Waals surface area contributed by atoms with Gasteiger partial charge in [-0.1, -0.05) is 61.0 Å². The number of anilines is 1. The highest BCUT2D eigenvalue weighted by atomic mass is 35.5. The van der Waals surface area contributed by atoms with Crippen LogP contribution in [0.15, 0.2) is 83.8 Å². The molecule has 0 heterocycles. The summed E-state index contributed by atoms with van der Waals surface area (Å²) in [7, 11) is -2.63. The number of amides is 2. The van der Waals surface area contributed by atoms with E-state index < -0.39 is 28.5 Å². The normalized spacial score (nSPS) is 12.7. The molecule has 0 aliphatic carbocycles. The van der Waals surface area contributed by atoms with Gasteiger partial charge >= 0.3 is 0 Å². The molecule has 2 atom stereocenters. The zero-order valence-electron chi connectivity index (χ0n) is 22.5. The molecule has 0 fully saturated rings. The van der Waals surface area contributed by atoms with Crippen molar-refractivity contribution in [1.29, 1.82) is 0 Å². The Morgan fingerprint density at radius 3 is 2.28 bits per heavy atom. The van der Waals surface area contributed by atoms with Crippen molar-refractivity contribution in [3.63, 3.8) is 0 Å². The number of methoxy groups -OCH3 is 1. The summed E-state index contributed by atoms with van der Waals surface area (Å²) in [4.78, 5) is 28.4. The number of nitrogens with zero attached hydrogens (tertiary/aromatic N) is 2. The lowest BCUT2D eigenvalue weighted by atomic mass is 10.1. The third-order valence-electron chi connectivity index (χ3n) is 6.39. The van der Waals surface area contributed by atoms with Crippen molar-refractivity contribution < 1.29 is 22.7 Å². The lowest BCUT2D eigenvalue weighted by Crippen LogP contribution is -2.52. The first-order valence-electron chi connectivity index (χ1n) is 12.6. The molecular weight excluding hydrogens is 538 g/mol. The van der Waals surface area contributed by atoms with E-state index >= 15 is 0 Å². The summed E-state index contributed by atoms with van der Waals surface area (Å²) in [5.41, 5.74) is 0.885. The average Bonchev–Trinajstić information content (AvgIpc) is 2.95. The van der Waals surface area contributed by atoms with Crippen molar-refractivity contribution in [3.8, 4) is 5.75 Å². The van der Waals surface area contributed by atoms with Crippen molar-refractivity contribution in [2.75, 3.05) is 18.0 Å². The predicted octanol–water partition coefficient (Wildman–Crippen LogP) is 4.88. The van der Waals surface area contributed by atoms with Crippen LogP contribution in [0.5, 0.6) is 5.75 Å². The number of benzene rings is 3. The number of sulfonamides is 1. The molecule has 2 amide bonds. The van der Waals surface area contributed by atoms with E-state index in [1.54, 1.807) is 74.7 Å². The molecule has 1 N–H and O–H groups in total. The smallest absolute Gasteiger partial charge is 0.264 e. The lowest BCUT2D eigenvalue weighted by molar-refractivity contribution is -0.139. The van der Waals surface area contributed by atoms with Crippen LogP contribution in [0.1, 0.15) is 32.8 Å². The Hall–Kier alpha value is -3.56. The molecule has 0 radical (unpaired) electrons. The SMILES string of the molecule is CC[C@H](C)NC(=O)[C@H](C)N(Cc1cccc(OC)c1)C(=O)CN(c1ccccc1Cl)S(=O)(=O)c1ccccc1. The van der Waals surface area contributed by atoms with Crippen LogP contribution in [-0.4, -0.2) is 50.9 Å². The first kappa shape index (κ1) is 30.0. The zero-order chi connectivity index (χ0) is 28.6. The molecule has 8 nitrogen and oxygen atoms in total. The van der Waals surface area contributed by atoms with E-state index in [2.05, 4.69) is 5.32 Å². The number of halogens is 1. The molecule has 0 aromatic heterocycles. The van der Waals surface area contributed by atoms with Gasteiger partial charge in [-0.3, -0.25) is 13.9 Å². The van der Waals surface area contributed by atoms with Crippen molar-refractivity contribution in [3.05, 3.63) is 89.4 Å². The van der Waals surface area contributed by atoms with Crippen LogP contribution in [0.3, 0.4) is 0 Å². The quantitative estimate of drug-likeness (QED) is 0.334. The summed E-state index contributed by atoms with van der Waals surface area (Å²) in [5, 5.41) is 3.09. The molecule has 3 aromatic rings. The summed E-state index contributed by atoms with van der Waals surface area (Å²) in [6.45, 7) is 4.95. The van der Waals surface area contributed by atoms with Crippen molar-refractivity contribution in [1.82, 2.24) is 10.2 Å². The summed E-state index contributed by atoms with van der Waals surface area (Å²) in [5.74, 6) is -0.305. The highest BCUT2D eigenvalue weighted by Crippen LogP contribution is 2.30. The summed E-state index contributed by atoms with van der Waals surface area (Å²) >= 11 is 6.42. The standard InChI is InChI=1S/C29H34ClN3O5S/c1-5-21(2)31-29(35)22(3)32(19-23-12-11-13-24(18-23)38-4)28(34)20-33(27-17-10-9-16-26(27)30)39(36,37)25-14-7-6-8-15-25/h6-18,21-22H,5,19-20H2,1-4H3,(H,31,35)/t21-,22-/m0/s1. The van der Waals surface area contributed by atoms with Crippen LogP contribution in [0, 0.1) is 0 Å². The van der Waals surface area contributed by atoms with Gasteiger partial charge in [-0.2, -0.15) is 0 Å². The first-order chi connectivity index (χ1) is 18.6. The minimum atomic E-state index is -4.18. The van der Waals surface area contributed by atoms with Gasteiger partial charge in [-0.05, 0) is 62.2 Å². The van der Waals surface area contributed by atoms with E-state index in [1.807, 2.05) is 19.9 Å². The number of rotatable bonds is 12. The molecule has 0 aliphatic rings. The Morgan fingerprint density at radius 2 is 1.64 bits per heavy atom. The van der Waals surface area contributed by atoms with Crippen LogP contribution in [0.25, 0.3) is 0 Å². The van der Waals surface area contributed by atoms with Crippen LogP contribution < -0.4 is 14.4 Å². The summed E-state index contributed by atoms with van der Waals surface area (Å²) in [6, 6.07) is 20.4. The van der Waals surface area contributed by atoms with E-state index in [4.69, 9.17) is 16.3 Å². The molecular formula is C29H34ClN3O5S. The molecule has 3 aromatic carbocycles. The van der Waals surface area contributed by atoms with E-state index in [-0.39, 0.29) is 34.1 Å². The maximum absolute atomic E-state index is 13.9. The fourth-order valence-corrected chi connectivity index (χ4v) is 5.64. The van der Waals surface area contributed by atoms with E-state index in [1.165, 1.54) is 17.0 Å². The molecule has 0 aliphatic heterocycles. The number of para-hydroxylation sites is 1. The fourth-order valence-electron chi connectivity index (χ4n) is 3.90. The average molecular weight is 572 g/mol. The Kier molecular flexibility index (Phi) is 10.4. The van der Waals surface area contributed by atoms with E-state index in [0.29, 0.717) is 5.75 Å². The molecule has 0 bridgehead atoms. The Balaban J connectivity index is 2.03.